The predicted molar refractivity (Wildman–Crippen MR) is 113 cm³/mol. The summed E-state index contributed by atoms with van der Waals surface area (Å²) >= 11 is 0. The first kappa shape index (κ1) is 19.8. The summed E-state index contributed by atoms with van der Waals surface area (Å²) < 4.78 is 16.2. The second kappa shape index (κ2) is 8.06. The summed E-state index contributed by atoms with van der Waals surface area (Å²) in [5, 5.41) is 4.14. The number of ether oxygens (including phenoxy) is 2. The Balaban J connectivity index is 1.55. The van der Waals surface area contributed by atoms with Crippen molar-refractivity contribution in [3.05, 3.63) is 48.3 Å². The quantitative estimate of drug-likeness (QED) is 0.619. The van der Waals surface area contributed by atoms with Gasteiger partial charge in [-0.05, 0) is 36.4 Å². The van der Waals surface area contributed by atoms with Gasteiger partial charge in [0, 0.05) is 50.3 Å². The Morgan fingerprint density at radius 2 is 1.87 bits per heavy atom. The molecule has 1 fully saturated rings. The number of benzene rings is 2. The van der Waals surface area contributed by atoms with E-state index in [4.69, 9.17) is 14.0 Å². The Hall–Kier alpha value is -3.55. The number of carbonyl (C=O) groups is 1. The zero-order valence-corrected chi connectivity index (χ0v) is 17.5. The lowest BCUT2D eigenvalue weighted by Gasteiger charge is -2.20. The number of aromatic nitrogens is 2. The molecule has 2 aromatic carbocycles. The summed E-state index contributed by atoms with van der Waals surface area (Å²) in [6.45, 7) is 0.445. The van der Waals surface area contributed by atoms with Crippen molar-refractivity contribution in [1.29, 1.82) is 0 Å². The minimum absolute atomic E-state index is 0.0201. The van der Waals surface area contributed by atoms with Crippen LogP contribution in [0, 0.1) is 0 Å². The topological polar surface area (TPSA) is 80.9 Å². The van der Waals surface area contributed by atoms with Crippen molar-refractivity contribution in [3.8, 4) is 23.0 Å². The molecule has 0 saturated carbocycles. The Labute approximate surface area is 175 Å². The molecule has 8 heteroatoms. The molecule has 2 heterocycles. The number of nitrogens with zero attached hydrogens (tertiary/aromatic N) is 4. The molecular weight excluding hydrogens is 384 g/mol. The van der Waals surface area contributed by atoms with Gasteiger partial charge < -0.3 is 23.8 Å². The molecule has 0 bridgehead atoms. The van der Waals surface area contributed by atoms with Crippen LogP contribution in [0.1, 0.15) is 18.2 Å². The van der Waals surface area contributed by atoms with E-state index in [2.05, 4.69) is 10.1 Å². The van der Waals surface area contributed by atoms with Crippen molar-refractivity contribution < 1.29 is 18.8 Å². The van der Waals surface area contributed by atoms with E-state index in [0.29, 0.717) is 41.9 Å². The third kappa shape index (κ3) is 3.68. The fraction of sp³-hybridized carbons (Fsp3) is 0.318. The van der Waals surface area contributed by atoms with Gasteiger partial charge in [0.25, 0.3) is 5.89 Å². The van der Waals surface area contributed by atoms with Crippen LogP contribution in [0.5, 0.6) is 11.5 Å². The fourth-order valence-corrected chi connectivity index (χ4v) is 3.54. The normalized spacial score (nSPS) is 16.1. The molecule has 0 N–H and O–H groups in total. The van der Waals surface area contributed by atoms with Crippen LogP contribution >= 0.6 is 0 Å². The monoisotopic (exact) mass is 408 g/mol. The van der Waals surface area contributed by atoms with Crippen LogP contribution in [-0.2, 0) is 4.79 Å². The lowest BCUT2D eigenvalue weighted by Crippen LogP contribution is -2.25. The molecule has 156 valence electrons. The number of rotatable bonds is 6. The van der Waals surface area contributed by atoms with Crippen molar-refractivity contribution in [2.75, 3.05) is 44.7 Å². The summed E-state index contributed by atoms with van der Waals surface area (Å²) in [7, 11) is 7.14. The van der Waals surface area contributed by atoms with Gasteiger partial charge in [-0.25, -0.2) is 0 Å². The number of hydrogen-bond acceptors (Lipinski definition) is 7. The van der Waals surface area contributed by atoms with E-state index in [1.165, 1.54) is 0 Å². The molecule has 30 heavy (non-hydrogen) atoms. The standard InChI is InChI=1S/C22H24N4O4/c1-25(2)16-7-5-14(6-8-16)22-23-21(24-30-22)15-11-20(27)26(13-15)18-12-17(28-3)9-10-19(18)29-4/h5-10,12,15H,11,13H2,1-4H3. The van der Waals surface area contributed by atoms with Crippen molar-refractivity contribution in [3.63, 3.8) is 0 Å². The molecule has 1 aliphatic rings. The van der Waals surface area contributed by atoms with Crippen molar-refractivity contribution in [2.24, 2.45) is 0 Å². The number of amides is 1. The van der Waals surface area contributed by atoms with Crippen LogP contribution in [0.15, 0.2) is 47.0 Å². The molecule has 1 aromatic heterocycles. The molecule has 1 aliphatic heterocycles. The maximum Gasteiger partial charge on any atom is 0.257 e. The molecule has 1 saturated heterocycles. The zero-order chi connectivity index (χ0) is 21.3. The summed E-state index contributed by atoms with van der Waals surface area (Å²) in [5.41, 5.74) is 2.60. The van der Waals surface area contributed by atoms with Crippen LogP contribution in [-0.4, -0.2) is 50.9 Å². The van der Waals surface area contributed by atoms with Crippen LogP contribution in [0.4, 0.5) is 11.4 Å². The highest BCUT2D eigenvalue weighted by Gasteiger charge is 2.36. The Kier molecular flexibility index (Phi) is 5.31. The average molecular weight is 408 g/mol. The number of carbonyl (C=O) groups excluding carboxylic acids is 1. The summed E-state index contributed by atoms with van der Waals surface area (Å²) in [4.78, 5) is 21.0. The van der Waals surface area contributed by atoms with Gasteiger partial charge in [-0.3, -0.25) is 4.79 Å². The minimum Gasteiger partial charge on any atom is -0.497 e. The van der Waals surface area contributed by atoms with Crippen LogP contribution in [0.2, 0.25) is 0 Å². The summed E-state index contributed by atoms with van der Waals surface area (Å²) in [5.74, 6) is 2.06. The molecule has 8 nitrogen and oxygen atoms in total. The second-order valence-corrected chi connectivity index (χ2v) is 7.34. The van der Waals surface area contributed by atoms with Gasteiger partial charge in [0.15, 0.2) is 5.82 Å². The second-order valence-electron chi connectivity index (χ2n) is 7.34. The van der Waals surface area contributed by atoms with Gasteiger partial charge in [-0.1, -0.05) is 5.16 Å². The SMILES string of the molecule is COc1ccc(OC)c(N2CC(c3noc(-c4ccc(N(C)C)cc4)n3)CC2=O)c1. The van der Waals surface area contributed by atoms with Gasteiger partial charge in [0.05, 0.1) is 19.9 Å². The Morgan fingerprint density at radius 3 is 2.53 bits per heavy atom. The van der Waals surface area contributed by atoms with Crippen molar-refractivity contribution in [2.45, 2.75) is 12.3 Å². The van der Waals surface area contributed by atoms with E-state index in [0.717, 1.165) is 11.3 Å². The van der Waals surface area contributed by atoms with E-state index in [1.807, 2.05) is 43.3 Å². The van der Waals surface area contributed by atoms with Crippen LogP contribution in [0.3, 0.4) is 0 Å². The molecule has 1 atom stereocenters. The molecule has 1 amide bonds. The maximum absolute atomic E-state index is 12.7. The van der Waals surface area contributed by atoms with E-state index in [9.17, 15) is 4.79 Å². The maximum atomic E-state index is 12.7. The molecule has 0 aliphatic carbocycles. The first-order valence-electron chi connectivity index (χ1n) is 9.64. The third-order valence-electron chi connectivity index (χ3n) is 5.24. The molecule has 0 radical (unpaired) electrons. The van der Waals surface area contributed by atoms with Crippen molar-refractivity contribution in [1.82, 2.24) is 10.1 Å². The minimum atomic E-state index is -0.160. The lowest BCUT2D eigenvalue weighted by molar-refractivity contribution is -0.117. The van der Waals surface area contributed by atoms with Gasteiger partial charge in [-0.2, -0.15) is 4.98 Å². The van der Waals surface area contributed by atoms with Gasteiger partial charge >= 0.3 is 0 Å². The number of methoxy groups -OCH3 is 2. The van der Waals surface area contributed by atoms with E-state index in [1.54, 1.807) is 37.3 Å². The highest BCUT2D eigenvalue weighted by molar-refractivity contribution is 5.98. The van der Waals surface area contributed by atoms with Crippen LogP contribution < -0.4 is 19.3 Å². The van der Waals surface area contributed by atoms with E-state index >= 15 is 0 Å². The smallest absolute Gasteiger partial charge is 0.257 e. The van der Waals surface area contributed by atoms with Gasteiger partial charge in [0.1, 0.15) is 11.5 Å². The molecule has 0 spiro atoms. The summed E-state index contributed by atoms with van der Waals surface area (Å²) in [6.07, 6.45) is 0.304. The molecule has 1 unspecified atom stereocenters. The first-order chi connectivity index (χ1) is 14.5. The predicted octanol–water partition coefficient (Wildman–Crippen LogP) is 3.34. The highest BCUT2D eigenvalue weighted by atomic mass is 16.5. The average Bonchev–Trinajstić information content (AvgIpc) is 3.40. The van der Waals surface area contributed by atoms with Gasteiger partial charge in [-0.15, -0.1) is 0 Å². The zero-order valence-electron chi connectivity index (χ0n) is 17.5. The highest BCUT2D eigenvalue weighted by Crippen LogP contribution is 2.38. The fourth-order valence-electron chi connectivity index (χ4n) is 3.54. The molecule has 3 aromatic rings. The van der Waals surface area contributed by atoms with E-state index < -0.39 is 0 Å². The third-order valence-corrected chi connectivity index (χ3v) is 5.24. The molecular formula is C22H24N4O4. The molecule has 4 rings (SSSR count). The Morgan fingerprint density at radius 1 is 1.10 bits per heavy atom. The summed E-state index contributed by atoms with van der Waals surface area (Å²) in [6, 6.07) is 13.3. The largest absolute Gasteiger partial charge is 0.497 e. The van der Waals surface area contributed by atoms with Crippen molar-refractivity contribution >= 4 is 17.3 Å². The van der Waals surface area contributed by atoms with Gasteiger partial charge in [0.2, 0.25) is 5.91 Å². The number of hydrogen-bond donors (Lipinski definition) is 0. The Bertz CT molecular complexity index is 1050. The first-order valence-corrected chi connectivity index (χ1v) is 9.64. The van der Waals surface area contributed by atoms with Crippen LogP contribution in [0.25, 0.3) is 11.5 Å². The lowest BCUT2D eigenvalue weighted by atomic mass is 10.1. The van der Waals surface area contributed by atoms with E-state index in [-0.39, 0.29) is 11.8 Å². The number of anilines is 2.